The van der Waals surface area contributed by atoms with Crippen molar-refractivity contribution in [3.63, 3.8) is 0 Å². The summed E-state index contributed by atoms with van der Waals surface area (Å²) in [5.41, 5.74) is 1.46. The lowest BCUT2D eigenvalue weighted by Crippen LogP contribution is -2.46. The van der Waals surface area contributed by atoms with E-state index in [2.05, 4.69) is 0 Å². The van der Waals surface area contributed by atoms with E-state index in [9.17, 15) is 14.9 Å². The van der Waals surface area contributed by atoms with Gasteiger partial charge in [-0.3, -0.25) is 14.9 Å². The maximum absolute atomic E-state index is 10.9. The van der Waals surface area contributed by atoms with Crippen LogP contribution in [0.15, 0.2) is 18.2 Å². The van der Waals surface area contributed by atoms with Gasteiger partial charge in [0, 0.05) is 24.4 Å². The summed E-state index contributed by atoms with van der Waals surface area (Å²) in [4.78, 5) is 23.2. The van der Waals surface area contributed by atoms with Crippen molar-refractivity contribution in [2.75, 3.05) is 24.7 Å². The Balaban J connectivity index is 2.31. The third-order valence-corrected chi connectivity index (χ3v) is 3.23. The first-order valence-electron chi connectivity index (χ1n) is 6.29. The normalized spacial score (nSPS) is 18.9. The minimum atomic E-state index is -0.910. The third-order valence-electron chi connectivity index (χ3n) is 3.23. The van der Waals surface area contributed by atoms with Crippen LogP contribution in [-0.4, -0.2) is 41.8 Å². The molecule has 0 amide bonds. The number of carbonyl (C=O) groups is 1. The number of hydrogen-bond donors (Lipinski definition) is 1. The zero-order valence-corrected chi connectivity index (χ0v) is 11.1. The zero-order valence-electron chi connectivity index (χ0n) is 11.1. The average Bonchev–Trinajstić information content (AvgIpc) is 2.37. The van der Waals surface area contributed by atoms with E-state index in [4.69, 9.17) is 9.84 Å². The lowest BCUT2D eigenvalue weighted by molar-refractivity contribution is -0.384. The monoisotopic (exact) mass is 280 g/mol. The predicted octanol–water partition coefficient (Wildman–Crippen LogP) is 1.58. The van der Waals surface area contributed by atoms with Gasteiger partial charge >= 0.3 is 5.97 Å². The Morgan fingerprint density at radius 2 is 2.30 bits per heavy atom. The summed E-state index contributed by atoms with van der Waals surface area (Å²) < 4.78 is 5.30. The number of nitro groups is 1. The van der Waals surface area contributed by atoms with Crippen molar-refractivity contribution in [1.29, 1.82) is 0 Å². The highest BCUT2D eigenvalue weighted by Crippen LogP contribution is 2.27. The highest BCUT2D eigenvalue weighted by molar-refractivity contribution is 5.69. The molecule has 1 fully saturated rings. The number of rotatable bonds is 4. The highest BCUT2D eigenvalue weighted by atomic mass is 16.6. The standard InChI is InChI=1S/C13H16N2O5/c1-9-4-10(6-11(5-9)15(18)19)14-2-3-20-8-12(14)7-13(16)17/h4-6,12H,2-3,7-8H2,1H3,(H,16,17). The second kappa shape index (κ2) is 5.87. The Morgan fingerprint density at radius 3 is 2.95 bits per heavy atom. The van der Waals surface area contributed by atoms with E-state index in [0.717, 1.165) is 5.56 Å². The van der Waals surface area contributed by atoms with Crippen molar-refractivity contribution in [2.24, 2.45) is 0 Å². The van der Waals surface area contributed by atoms with E-state index in [0.29, 0.717) is 25.4 Å². The average molecular weight is 280 g/mol. The zero-order chi connectivity index (χ0) is 14.7. The fourth-order valence-electron chi connectivity index (χ4n) is 2.38. The van der Waals surface area contributed by atoms with Gasteiger partial charge < -0.3 is 14.7 Å². The number of anilines is 1. The first kappa shape index (κ1) is 14.3. The van der Waals surface area contributed by atoms with Gasteiger partial charge in [0.15, 0.2) is 0 Å². The van der Waals surface area contributed by atoms with E-state index >= 15 is 0 Å². The van der Waals surface area contributed by atoms with Crippen LogP contribution in [0.4, 0.5) is 11.4 Å². The molecule has 108 valence electrons. The summed E-state index contributed by atoms with van der Waals surface area (Å²) in [5, 5.41) is 19.9. The minimum Gasteiger partial charge on any atom is -0.481 e. The molecule has 20 heavy (non-hydrogen) atoms. The van der Waals surface area contributed by atoms with Crippen molar-refractivity contribution in [2.45, 2.75) is 19.4 Å². The smallest absolute Gasteiger partial charge is 0.305 e. The number of carboxylic acid groups (broad SMARTS) is 1. The molecule has 1 saturated heterocycles. The molecule has 0 radical (unpaired) electrons. The van der Waals surface area contributed by atoms with Gasteiger partial charge in [-0.2, -0.15) is 0 Å². The lowest BCUT2D eigenvalue weighted by Gasteiger charge is -2.36. The summed E-state index contributed by atoms with van der Waals surface area (Å²) >= 11 is 0. The molecule has 0 saturated carbocycles. The summed E-state index contributed by atoms with van der Waals surface area (Å²) in [6, 6.07) is 4.50. The predicted molar refractivity (Wildman–Crippen MR) is 72.0 cm³/mol. The molecule has 1 unspecified atom stereocenters. The Hall–Kier alpha value is -2.15. The summed E-state index contributed by atoms with van der Waals surface area (Å²) in [5.74, 6) is -0.910. The number of nitrogens with zero attached hydrogens (tertiary/aromatic N) is 2. The van der Waals surface area contributed by atoms with E-state index in [1.165, 1.54) is 12.1 Å². The van der Waals surface area contributed by atoms with Gasteiger partial charge in [0.05, 0.1) is 30.6 Å². The highest BCUT2D eigenvalue weighted by Gasteiger charge is 2.26. The molecule has 1 aliphatic heterocycles. The van der Waals surface area contributed by atoms with Gasteiger partial charge in [-0.15, -0.1) is 0 Å². The summed E-state index contributed by atoms with van der Waals surface area (Å²) in [6.45, 7) is 3.10. The number of nitro benzene ring substituents is 1. The molecule has 0 aliphatic carbocycles. The van der Waals surface area contributed by atoms with E-state index < -0.39 is 10.9 Å². The maximum Gasteiger partial charge on any atom is 0.305 e. The molecule has 1 aliphatic rings. The Kier molecular flexibility index (Phi) is 4.19. The SMILES string of the molecule is Cc1cc(N2CCOCC2CC(=O)O)cc([N+](=O)[O-])c1. The molecule has 0 spiro atoms. The second-order valence-electron chi connectivity index (χ2n) is 4.80. The maximum atomic E-state index is 10.9. The van der Waals surface area contributed by atoms with Gasteiger partial charge in [-0.1, -0.05) is 0 Å². The number of morpholine rings is 1. The molecule has 1 N–H and O–H groups in total. The number of ether oxygens (including phenoxy) is 1. The van der Waals surface area contributed by atoms with Crippen LogP contribution in [0.3, 0.4) is 0 Å². The van der Waals surface area contributed by atoms with Gasteiger partial charge in [-0.25, -0.2) is 0 Å². The first-order valence-corrected chi connectivity index (χ1v) is 6.29. The van der Waals surface area contributed by atoms with Crippen LogP contribution in [0.1, 0.15) is 12.0 Å². The van der Waals surface area contributed by atoms with E-state index in [1.807, 2.05) is 11.0 Å². The largest absolute Gasteiger partial charge is 0.481 e. The quantitative estimate of drug-likeness (QED) is 0.665. The topological polar surface area (TPSA) is 92.9 Å². The fraction of sp³-hybridized carbons (Fsp3) is 0.462. The lowest BCUT2D eigenvalue weighted by atomic mass is 10.1. The first-order chi connectivity index (χ1) is 9.47. The number of aryl methyl sites for hydroxylation is 1. The summed E-state index contributed by atoms with van der Waals surface area (Å²) in [6.07, 6.45) is -0.0538. The molecule has 2 rings (SSSR count). The van der Waals surface area contributed by atoms with Crippen molar-refractivity contribution >= 4 is 17.3 Å². The van der Waals surface area contributed by atoms with Gasteiger partial charge in [-0.05, 0) is 18.6 Å². The van der Waals surface area contributed by atoms with Crippen molar-refractivity contribution in [3.05, 3.63) is 33.9 Å². The van der Waals surface area contributed by atoms with E-state index in [1.54, 1.807) is 6.92 Å². The van der Waals surface area contributed by atoms with Crippen LogP contribution in [0.25, 0.3) is 0 Å². The van der Waals surface area contributed by atoms with Crippen LogP contribution in [0.5, 0.6) is 0 Å². The fourth-order valence-corrected chi connectivity index (χ4v) is 2.38. The molecule has 1 atom stereocenters. The van der Waals surface area contributed by atoms with E-state index in [-0.39, 0.29) is 18.2 Å². The molecule has 1 heterocycles. The van der Waals surface area contributed by atoms with Crippen LogP contribution < -0.4 is 4.90 Å². The molecule has 1 aromatic carbocycles. The molecule has 0 bridgehead atoms. The molecule has 7 heteroatoms. The van der Waals surface area contributed by atoms with Crippen LogP contribution in [0, 0.1) is 17.0 Å². The van der Waals surface area contributed by atoms with Crippen LogP contribution in [0.2, 0.25) is 0 Å². The third kappa shape index (κ3) is 3.24. The number of benzene rings is 1. The molecular weight excluding hydrogens is 264 g/mol. The molecule has 0 aromatic heterocycles. The van der Waals surface area contributed by atoms with Gasteiger partial charge in [0.1, 0.15) is 0 Å². The van der Waals surface area contributed by atoms with Gasteiger partial charge in [0.2, 0.25) is 0 Å². The molecular formula is C13H16N2O5. The Bertz CT molecular complexity index is 531. The molecule has 7 nitrogen and oxygen atoms in total. The number of aliphatic carboxylic acids is 1. The van der Waals surface area contributed by atoms with Crippen LogP contribution >= 0.6 is 0 Å². The van der Waals surface area contributed by atoms with Crippen molar-refractivity contribution in [1.82, 2.24) is 0 Å². The summed E-state index contributed by atoms with van der Waals surface area (Å²) in [7, 11) is 0. The van der Waals surface area contributed by atoms with Crippen molar-refractivity contribution in [3.8, 4) is 0 Å². The Morgan fingerprint density at radius 1 is 1.55 bits per heavy atom. The molecule has 1 aromatic rings. The Labute approximate surface area is 115 Å². The number of carboxylic acids is 1. The van der Waals surface area contributed by atoms with Crippen LogP contribution in [-0.2, 0) is 9.53 Å². The van der Waals surface area contributed by atoms with Gasteiger partial charge in [0.25, 0.3) is 5.69 Å². The number of hydrogen-bond acceptors (Lipinski definition) is 5. The number of non-ortho nitro benzene ring substituents is 1. The second-order valence-corrected chi connectivity index (χ2v) is 4.80. The minimum absolute atomic E-state index is 0.0144. The van der Waals surface area contributed by atoms with Crippen molar-refractivity contribution < 1.29 is 19.6 Å².